The van der Waals surface area contributed by atoms with E-state index in [1.54, 1.807) is 23.2 Å². The highest BCUT2D eigenvalue weighted by atomic mass is 16.2. The van der Waals surface area contributed by atoms with E-state index >= 15 is 0 Å². The number of nitrogens with one attached hydrogen (secondary N) is 2. The molecule has 128 valence electrons. The van der Waals surface area contributed by atoms with Crippen molar-refractivity contribution in [1.82, 2.24) is 24.8 Å². The third-order valence-corrected chi connectivity index (χ3v) is 4.64. The van der Waals surface area contributed by atoms with Gasteiger partial charge in [0.15, 0.2) is 0 Å². The van der Waals surface area contributed by atoms with Crippen molar-refractivity contribution in [3.8, 4) is 0 Å². The van der Waals surface area contributed by atoms with Gasteiger partial charge in [-0.2, -0.15) is 0 Å². The van der Waals surface area contributed by atoms with Gasteiger partial charge in [-0.15, -0.1) is 0 Å². The molecule has 1 aliphatic rings. The fourth-order valence-corrected chi connectivity index (χ4v) is 3.36. The Morgan fingerprint density at radius 1 is 1.32 bits per heavy atom. The van der Waals surface area contributed by atoms with Crippen molar-refractivity contribution < 1.29 is 4.79 Å². The van der Waals surface area contributed by atoms with Gasteiger partial charge in [-0.1, -0.05) is 18.2 Å². The summed E-state index contributed by atoms with van der Waals surface area (Å²) in [6, 6.07) is 8.84. The molecular weight excluding hydrogens is 318 g/mol. The van der Waals surface area contributed by atoms with Crippen molar-refractivity contribution in [2.45, 2.75) is 6.04 Å². The third-order valence-electron chi connectivity index (χ3n) is 4.64. The Hall–Kier alpha value is -2.93. The van der Waals surface area contributed by atoms with Crippen LogP contribution < -0.4 is 10.9 Å². The first-order chi connectivity index (χ1) is 12.1. The summed E-state index contributed by atoms with van der Waals surface area (Å²) in [5, 5.41) is 4.65. The topological polar surface area (TPSA) is 83.0 Å². The van der Waals surface area contributed by atoms with E-state index in [1.165, 1.54) is 0 Å². The van der Waals surface area contributed by atoms with Gasteiger partial charge in [0.2, 0.25) is 0 Å². The number of aromatic nitrogens is 3. The lowest BCUT2D eigenvalue weighted by Crippen LogP contribution is -2.49. The van der Waals surface area contributed by atoms with Gasteiger partial charge in [0.1, 0.15) is 17.6 Å². The summed E-state index contributed by atoms with van der Waals surface area (Å²) in [4.78, 5) is 34.3. The molecule has 1 saturated heterocycles. The molecule has 2 aromatic heterocycles. The van der Waals surface area contributed by atoms with Crippen LogP contribution in [-0.2, 0) is 7.05 Å². The van der Waals surface area contributed by atoms with Gasteiger partial charge >= 0.3 is 0 Å². The number of carbonyl (C=O) groups is 1. The molecule has 2 N–H and O–H groups in total. The molecule has 1 unspecified atom stereocenters. The van der Waals surface area contributed by atoms with Crippen LogP contribution in [0.25, 0.3) is 10.8 Å². The monoisotopic (exact) mass is 337 g/mol. The lowest BCUT2D eigenvalue weighted by Gasteiger charge is -2.35. The number of piperazine rings is 1. The minimum atomic E-state index is -0.245. The molecule has 0 aliphatic carbocycles. The van der Waals surface area contributed by atoms with Crippen LogP contribution in [0.5, 0.6) is 0 Å². The van der Waals surface area contributed by atoms with Crippen LogP contribution in [0.2, 0.25) is 0 Å². The first-order valence-corrected chi connectivity index (χ1v) is 8.26. The molecule has 1 amide bonds. The number of carbonyl (C=O) groups excluding carboxylic acids is 1. The number of amides is 1. The third kappa shape index (κ3) is 2.72. The van der Waals surface area contributed by atoms with E-state index in [2.05, 4.69) is 15.3 Å². The maximum absolute atomic E-state index is 13.1. The van der Waals surface area contributed by atoms with E-state index < -0.39 is 0 Å². The number of pyridine rings is 1. The predicted octanol–water partition coefficient (Wildman–Crippen LogP) is 1.05. The number of nitrogens with zero attached hydrogens (tertiary/aromatic N) is 3. The number of benzene rings is 1. The van der Waals surface area contributed by atoms with Crippen molar-refractivity contribution in [2.24, 2.45) is 7.05 Å². The molecule has 3 aromatic rings. The van der Waals surface area contributed by atoms with Crippen molar-refractivity contribution in [1.29, 1.82) is 0 Å². The molecule has 7 nitrogen and oxygen atoms in total. The summed E-state index contributed by atoms with van der Waals surface area (Å²) < 4.78 is 1.92. The van der Waals surface area contributed by atoms with E-state index in [0.717, 1.165) is 11.2 Å². The van der Waals surface area contributed by atoms with Crippen molar-refractivity contribution >= 4 is 16.7 Å². The zero-order valence-corrected chi connectivity index (χ0v) is 13.9. The number of rotatable bonds is 2. The van der Waals surface area contributed by atoms with Crippen LogP contribution in [0.3, 0.4) is 0 Å². The fourth-order valence-electron chi connectivity index (χ4n) is 3.36. The Labute approximate surface area is 144 Å². The highest BCUT2D eigenvalue weighted by molar-refractivity contribution is 5.96. The standard InChI is InChI=1S/C18H19N5O2/c1-22-8-7-20-16(22)15-11-19-6-9-23(15)18(25)14-10-12-4-2-3-5-13(12)17(24)21-14/h2-5,7-8,10,15,19H,6,9,11H2,1H3,(H,21,24). The van der Waals surface area contributed by atoms with E-state index in [9.17, 15) is 9.59 Å². The molecule has 0 bridgehead atoms. The number of hydrogen-bond acceptors (Lipinski definition) is 4. The van der Waals surface area contributed by atoms with Crippen LogP contribution in [0, 0.1) is 0 Å². The van der Waals surface area contributed by atoms with Gasteiger partial charge < -0.3 is 19.8 Å². The molecule has 3 heterocycles. The predicted molar refractivity (Wildman–Crippen MR) is 94.4 cm³/mol. The smallest absolute Gasteiger partial charge is 0.271 e. The second-order valence-electron chi connectivity index (χ2n) is 6.21. The number of H-pyrrole nitrogens is 1. The number of aryl methyl sites for hydroxylation is 1. The lowest BCUT2D eigenvalue weighted by molar-refractivity contribution is 0.0614. The second kappa shape index (κ2) is 6.18. The zero-order valence-electron chi connectivity index (χ0n) is 13.9. The fraction of sp³-hybridized carbons (Fsp3) is 0.278. The largest absolute Gasteiger partial charge is 0.336 e. The molecule has 0 saturated carbocycles. The number of imidazole rings is 1. The number of hydrogen-bond donors (Lipinski definition) is 2. The highest BCUT2D eigenvalue weighted by Gasteiger charge is 2.31. The molecule has 1 aromatic carbocycles. The minimum absolute atomic E-state index is 0.170. The van der Waals surface area contributed by atoms with Crippen molar-refractivity contribution in [2.75, 3.05) is 19.6 Å². The molecule has 4 rings (SSSR count). The molecule has 1 fully saturated rings. The van der Waals surface area contributed by atoms with Gasteiger partial charge in [0.25, 0.3) is 11.5 Å². The maximum Gasteiger partial charge on any atom is 0.271 e. The summed E-state index contributed by atoms with van der Waals surface area (Å²) >= 11 is 0. The van der Waals surface area contributed by atoms with Gasteiger partial charge in [-0.05, 0) is 17.5 Å². The Balaban J connectivity index is 1.74. The Morgan fingerprint density at radius 3 is 2.96 bits per heavy atom. The lowest BCUT2D eigenvalue weighted by atomic mass is 10.1. The van der Waals surface area contributed by atoms with Gasteiger partial charge in [-0.25, -0.2) is 4.98 Å². The maximum atomic E-state index is 13.1. The van der Waals surface area contributed by atoms with E-state index in [1.807, 2.05) is 36.0 Å². The minimum Gasteiger partial charge on any atom is -0.336 e. The van der Waals surface area contributed by atoms with Gasteiger partial charge in [-0.3, -0.25) is 9.59 Å². The van der Waals surface area contributed by atoms with E-state index in [-0.39, 0.29) is 17.5 Å². The average Bonchev–Trinajstić information content (AvgIpc) is 3.07. The van der Waals surface area contributed by atoms with Gasteiger partial charge in [0.05, 0.1) is 0 Å². The van der Waals surface area contributed by atoms with E-state index in [0.29, 0.717) is 30.7 Å². The first-order valence-electron chi connectivity index (χ1n) is 8.26. The Bertz CT molecular complexity index is 990. The second-order valence-corrected chi connectivity index (χ2v) is 6.21. The summed E-state index contributed by atoms with van der Waals surface area (Å²) in [6.45, 7) is 1.91. The van der Waals surface area contributed by atoms with Crippen LogP contribution in [0.4, 0.5) is 0 Å². The normalized spacial score (nSPS) is 17.8. The molecule has 0 spiro atoms. The molecule has 7 heteroatoms. The van der Waals surface area contributed by atoms with Crippen LogP contribution in [0.15, 0.2) is 47.5 Å². The van der Waals surface area contributed by atoms with Gasteiger partial charge in [0, 0.05) is 44.5 Å². The molecular formula is C18H19N5O2. The molecule has 1 aliphatic heterocycles. The summed E-state index contributed by atoms with van der Waals surface area (Å²) in [5.74, 6) is 0.640. The first kappa shape index (κ1) is 15.6. The van der Waals surface area contributed by atoms with Crippen molar-refractivity contribution in [3.05, 3.63) is 64.6 Å². The SMILES string of the molecule is Cn1ccnc1C1CNCCN1C(=O)c1cc2ccccc2c(=O)[nH]1. The number of fused-ring (bicyclic) bond motifs is 1. The Morgan fingerprint density at radius 2 is 2.16 bits per heavy atom. The van der Waals surface area contributed by atoms with Crippen molar-refractivity contribution in [3.63, 3.8) is 0 Å². The van der Waals surface area contributed by atoms with Crippen LogP contribution in [0.1, 0.15) is 22.4 Å². The van der Waals surface area contributed by atoms with Crippen LogP contribution >= 0.6 is 0 Å². The highest BCUT2D eigenvalue weighted by Crippen LogP contribution is 2.22. The molecule has 25 heavy (non-hydrogen) atoms. The summed E-state index contributed by atoms with van der Waals surface area (Å²) in [7, 11) is 1.91. The number of aromatic amines is 1. The molecule has 0 radical (unpaired) electrons. The summed E-state index contributed by atoms with van der Waals surface area (Å²) in [6.07, 6.45) is 3.59. The Kier molecular flexibility index (Phi) is 3.85. The zero-order chi connectivity index (χ0) is 17.4. The van der Waals surface area contributed by atoms with Crippen LogP contribution in [-0.4, -0.2) is 45.0 Å². The molecule has 1 atom stereocenters. The average molecular weight is 337 g/mol. The summed E-state index contributed by atoms with van der Waals surface area (Å²) in [5.41, 5.74) is 0.0648. The quantitative estimate of drug-likeness (QED) is 0.732. The van der Waals surface area contributed by atoms with E-state index in [4.69, 9.17) is 0 Å².